The number of nitrogens with one attached hydrogen (secondary N) is 1. The van der Waals surface area contributed by atoms with E-state index in [-0.39, 0.29) is 18.3 Å². The van der Waals surface area contributed by atoms with Gasteiger partial charge in [0.2, 0.25) is 5.91 Å². The predicted molar refractivity (Wildman–Crippen MR) is 121 cm³/mol. The van der Waals surface area contributed by atoms with Crippen molar-refractivity contribution in [1.29, 1.82) is 5.26 Å². The molecule has 0 aliphatic rings. The number of ether oxygens (including phenoxy) is 1. The molecule has 1 N–H and O–H groups in total. The molecule has 0 aliphatic carbocycles. The number of nitriles is 1. The molecule has 31 heavy (non-hydrogen) atoms. The lowest BCUT2D eigenvalue weighted by atomic mass is 9.95. The Balaban J connectivity index is 1.56. The maximum Gasteiger partial charge on any atom is 0.229 e. The molecule has 156 valence electrons. The fourth-order valence-corrected chi connectivity index (χ4v) is 2.77. The second-order valence-electron chi connectivity index (χ2n) is 8.21. The monoisotopic (exact) mass is 412 g/mol. The number of amides is 1. The van der Waals surface area contributed by atoms with Gasteiger partial charge in [-0.3, -0.25) is 9.59 Å². The highest BCUT2D eigenvalue weighted by Crippen LogP contribution is 2.23. The van der Waals surface area contributed by atoms with Gasteiger partial charge in [0.1, 0.15) is 5.75 Å². The van der Waals surface area contributed by atoms with Crippen LogP contribution in [-0.2, 0) is 4.79 Å². The summed E-state index contributed by atoms with van der Waals surface area (Å²) in [5.41, 5.74) is 3.29. The second-order valence-corrected chi connectivity index (χ2v) is 8.21. The maximum absolute atomic E-state index is 12.4. The van der Waals surface area contributed by atoms with E-state index in [9.17, 15) is 9.59 Å². The smallest absolute Gasteiger partial charge is 0.229 e. The zero-order chi connectivity index (χ0) is 22.4. The molecule has 0 fully saturated rings. The first-order valence-electron chi connectivity index (χ1n) is 9.94. The fraction of sp³-hybridized carbons (Fsp3) is 0.192. The van der Waals surface area contributed by atoms with Gasteiger partial charge >= 0.3 is 0 Å². The first kappa shape index (κ1) is 21.8. The molecule has 0 spiro atoms. The molecule has 0 aromatic heterocycles. The molecule has 0 atom stereocenters. The zero-order valence-corrected chi connectivity index (χ0v) is 17.8. The Bertz CT molecular complexity index is 1100. The Morgan fingerprint density at radius 2 is 1.42 bits per heavy atom. The van der Waals surface area contributed by atoms with Crippen LogP contribution >= 0.6 is 0 Å². The van der Waals surface area contributed by atoms with E-state index in [1.807, 2.05) is 57.2 Å². The van der Waals surface area contributed by atoms with Crippen LogP contribution in [0, 0.1) is 16.7 Å². The minimum Gasteiger partial charge on any atom is -0.485 e. The molecule has 1 amide bonds. The molecule has 0 saturated carbocycles. The van der Waals surface area contributed by atoms with Gasteiger partial charge in [0.15, 0.2) is 12.4 Å². The average molecular weight is 412 g/mol. The lowest BCUT2D eigenvalue weighted by molar-refractivity contribution is -0.123. The Kier molecular flexibility index (Phi) is 6.52. The van der Waals surface area contributed by atoms with E-state index in [0.717, 1.165) is 11.1 Å². The summed E-state index contributed by atoms with van der Waals surface area (Å²) in [7, 11) is 0. The summed E-state index contributed by atoms with van der Waals surface area (Å²) in [4.78, 5) is 24.5. The van der Waals surface area contributed by atoms with Gasteiger partial charge in [0, 0.05) is 16.7 Å². The normalized spacial score (nSPS) is 10.8. The molecule has 0 unspecified atom stereocenters. The van der Waals surface area contributed by atoms with Gasteiger partial charge in [-0.2, -0.15) is 5.26 Å². The van der Waals surface area contributed by atoms with Gasteiger partial charge < -0.3 is 10.1 Å². The number of anilines is 1. The van der Waals surface area contributed by atoms with Crippen molar-refractivity contribution in [2.24, 2.45) is 5.41 Å². The predicted octanol–water partition coefficient (Wildman–Crippen LogP) is 5.47. The summed E-state index contributed by atoms with van der Waals surface area (Å²) in [6, 6.07) is 23.7. The summed E-state index contributed by atoms with van der Waals surface area (Å²) in [5.74, 6) is 0.365. The highest BCUT2D eigenvalue weighted by molar-refractivity contribution is 5.98. The van der Waals surface area contributed by atoms with Gasteiger partial charge in [0.05, 0.1) is 11.6 Å². The minimum atomic E-state index is -0.488. The number of hydrogen-bond acceptors (Lipinski definition) is 4. The largest absolute Gasteiger partial charge is 0.485 e. The van der Waals surface area contributed by atoms with Crippen molar-refractivity contribution < 1.29 is 14.3 Å². The summed E-state index contributed by atoms with van der Waals surface area (Å²) >= 11 is 0. The Morgan fingerprint density at radius 3 is 1.94 bits per heavy atom. The Hall–Kier alpha value is -3.91. The molecular formula is C26H24N2O3. The standard InChI is InChI=1S/C26H24N2O3/c1-26(2,3)25(30)28-22-12-8-21(9-13-22)24(29)17-31-23-14-10-20(11-15-23)19-6-4-18(16-27)5-7-19/h4-15H,17H2,1-3H3,(H,28,30). The summed E-state index contributed by atoms with van der Waals surface area (Å²) < 4.78 is 5.63. The van der Waals surface area contributed by atoms with E-state index < -0.39 is 5.41 Å². The number of carbonyl (C=O) groups is 2. The van der Waals surface area contributed by atoms with Crippen molar-refractivity contribution in [3.05, 3.63) is 83.9 Å². The molecule has 5 nitrogen and oxygen atoms in total. The topological polar surface area (TPSA) is 79.2 Å². The van der Waals surface area contributed by atoms with Crippen molar-refractivity contribution in [3.63, 3.8) is 0 Å². The van der Waals surface area contributed by atoms with Crippen molar-refractivity contribution in [2.75, 3.05) is 11.9 Å². The molecule has 0 radical (unpaired) electrons. The molecule has 0 bridgehead atoms. The van der Waals surface area contributed by atoms with Crippen molar-refractivity contribution >= 4 is 17.4 Å². The molecule has 5 heteroatoms. The van der Waals surface area contributed by atoms with Crippen LogP contribution in [0.25, 0.3) is 11.1 Å². The van der Waals surface area contributed by atoms with Gasteiger partial charge in [-0.05, 0) is 59.7 Å². The SMILES string of the molecule is CC(C)(C)C(=O)Nc1ccc(C(=O)COc2ccc(-c3ccc(C#N)cc3)cc2)cc1. The van der Waals surface area contributed by atoms with E-state index in [1.54, 1.807) is 36.4 Å². The molecule has 0 saturated heterocycles. The molecule has 0 heterocycles. The Morgan fingerprint density at radius 1 is 0.871 bits per heavy atom. The van der Waals surface area contributed by atoms with Gasteiger partial charge in [0.25, 0.3) is 0 Å². The number of rotatable bonds is 6. The number of benzene rings is 3. The van der Waals surface area contributed by atoms with Crippen LogP contribution in [-0.4, -0.2) is 18.3 Å². The first-order valence-corrected chi connectivity index (χ1v) is 9.94. The Labute approximate surface area is 182 Å². The average Bonchev–Trinajstić information content (AvgIpc) is 2.78. The van der Waals surface area contributed by atoms with Crippen molar-refractivity contribution in [2.45, 2.75) is 20.8 Å². The quantitative estimate of drug-likeness (QED) is 0.544. The van der Waals surface area contributed by atoms with Crippen LogP contribution in [0.1, 0.15) is 36.7 Å². The maximum atomic E-state index is 12.4. The third-order valence-electron chi connectivity index (χ3n) is 4.72. The van der Waals surface area contributed by atoms with E-state index in [0.29, 0.717) is 22.6 Å². The van der Waals surface area contributed by atoms with Crippen LogP contribution in [0.2, 0.25) is 0 Å². The van der Waals surface area contributed by atoms with Crippen molar-refractivity contribution in [1.82, 2.24) is 0 Å². The van der Waals surface area contributed by atoms with Crippen LogP contribution in [0.5, 0.6) is 5.75 Å². The number of nitrogens with zero attached hydrogens (tertiary/aromatic N) is 1. The van der Waals surface area contributed by atoms with Crippen LogP contribution < -0.4 is 10.1 Å². The highest BCUT2D eigenvalue weighted by atomic mass is 16.5. The van der Waals surface area contributed by atoms with E-state index in [4.69, 9.17) is 10.00 Å². The summed E-state index contributed by atoms with van der Waals surface area (Å²) in [6.07, 6.45) is 0. The van der Waals surface area contributed by atoms with Gasteiger partial charge in [-0.15, -0.1) is 0 Å². The lowest BCUT2D eigenvalue weighted by Gasteiger charge is -2.17. The highest BCUT2D eigenvalue weighted by Gasteiger charge is 2.21. The number of hydrogen-bond donors (Lipinski definition) is 1. The number of carbonyl (C=O) groups excluding carboxylic acids is 2. The number of ketones is 1. The second kappa shape index (κ2) is 9.27. The van der Waals surface area contributed by atoms with E-state index >= 15 is 0 Å². The van der Waals surface area contributed by atoms with Crippen LogP contribution in [0.4, 0.5) is 5.69 Å². The van der Waals surface area contributed by atoms with Crippen LogP contribution in [0.3, 0.4) is 0 Å². The third-order valence-corrected chi connectivity index (χ3v) is 4.72. The molecule has 0 aliphatic heterocycles. The van der Waals surface area contributed by atoms with Gasteiger partial charge in [-0.1, -0.05) is 45.0 Å². The minimum absolute atomic E-state index is 0.0795. The molecular weight excluding hydrogens is 388 g/mol. The lowest BCUT2D eigenvalue weighted by Crippen LogP contribution is -2.27. The molecule has 3 rings (SSSR count). The summed E-state index contributed by atoms with van der Waals surface area (Å²) in [5, 5.41) is 11.7. The molecule has 3 aromatic carbocycles. The van der Waals surface area contributed by atoms with E-state index in [1.165, 1.54) is 0 Å². The third kappa shape index (κ3) is 5.80. The summed E-state index contributed by atoms with van der Waals surface area (Å²) in [6.45, 7) is 5.45. The van der Waals surface area contributed by atoms with Crippen molar-refractivity contribution in [3.8, 4) is 22.9 Å². The van der Waals surface area contributed by atoms with Crippen LogP contribution in [0.15, 0.2) is 72.8 Å². The number of Topliss-reactive ketones (excluding diaryl/α,β-unsaturated/α-hetero) is 1. The van der Waals surface area contributed by atoms with E-state index in [2.05, 4.69) is 11.4 Å². The van der Waals surface area contributed by atoms with Gasteiger partial charge in [-0.25, -0.2) is 0 Å². The first-order chi connectivity index (χ1) is 14.8. The fourth-order valence-electron chi connectivity index (χ4n) is 2.77. The zero-order valence-electron chi connectivity index (χ0n) is 17.8. The molecule has 3 aromatic rings.